The lowest BCUT2D eigenvalue weighted by Gasteiger charge is -1.96. The first-order chi connectivity index (χ1) is 6.15. The van der Waals surface area contributed by atoms with Crippen molar-refractivity contribution in [3.63, 3.8) is 0 Å². The molecular formula is C8H12N2O3. The quantitative estimate of drug-likeness (QED) is 0.705. The zero-order valence-electron chi connectivity index (χ0n) is 7.61. The van der Waals surface area contributed by atoms with Crippen LogP contribution in [0.5, 0.6) is 0 Å². The molecule has 0 aliphatic rings. The fraction of sp³-hybridized carbons (Fsp3) is 0.500. The van der Waals surface area contributed by atoms with Gasteiger partial charge in [0.15, 0.2) is 5.69 Å². The van der Waals surface area contributed by atoms with Gasteiger partial charge in [0.1, 0.15) is 6.26 Å². The zero-order valence-corrected chi connectivity index (χ0v) is 7.61. The maximum Gasteiger partial charge on any atom is 0.360 e. The number of rotatable bonds is 3. The van der Waals surface area contributed by atoms with E-state index in [0.717, 1.165) is 0 Å². The van der Waals surface area contributed by atoms with Crippen LogP contribution >= 0.6 is 0 Å². The minimum absolute atomic E-state index is 0.161. The summed E-state index contributed by atoms with van der Waals surface area (Å²) >= 11 is 0. The van der Waals surface area contributed by atoms with Crippen molar-refractivity contribution in [2.75, 3.05) is 6.61 Å². The summed E-state index contributed by atoms with van der Waals surface area (Å²) in [6, 6.07) is -0.317. The van der Waals surface area contributed by atoms with E-state index in [9.17, 15) is 4.79 Å². The van der Waals surface area contributed by atoms with Crippen LogP contribution in [0.1, 0.15) is 36.3 Å². The maximum atomic E-state index is 11.1. The summed E-state index contributed by atoms with van der Waals surface area (Å²) in [5, 5.41) is 0. The van der Waals surface area contributed by atoms with Gasteiger partial charge in [0, 0.05) is 0 Å². The second kappa shape index (κ2) is 4.04. The Morgan fingerprint density at radius 2 is 2.54 bits per heavy atom. The second-order valence-corrected chi connectivity index (χ2v) is 2.58. The molecule has 0 bridgehead atoms. The van der Waals surface area contributed by atoms with Crippen molar-refractivity contribution in [1.82, 2.24) is 4.98 Å². The minimum Gasteiger partial charge on any atom is -0.461 e. The van der Waals surface area contributed by atoms with E-state index < -0.39 is 5.97 Å². The predicted molar refractivity (Wildman–Crippen MR) is 45.1 cm³/mol. The van der Waals surface area contributed by atoms with Gasteiger partial charge in [0.25, 0.3) is 0 Å². The fourth-order valence-corrected chi connectivity index (χ4v) is 0.796. The SMILES string of the molecule is CCOC(=O)c1coc([C@H](C)N)n1. The first kappa shape index (κ1) is 9.73. The number of carbonyl (C=O) groups is 1. The molecule has 5 nitrogen and oxygen atoms in total. The smallest absolute Gasteiger partial charge is 0.360 e. The van der Waals surface area contributed by atoms with Crippen molar-refractivity contribution < 1.29 is 13.9 Å². The average Bonchev–Trinajstić information content (AvgIpc) is 2.52. The molecule has 0 saturated heterocycles. The van der Waals surface area contributed by atoms with Gasteiger partial charge >= 0.3 is 5.97 Å². The lowest BCUT2D eigenvalue weighted by atomic mass is 10.4. The van der Waals surface area contributed by atoms with E-state index >= 15 is 0 Å². The summed E-state index contributed by atoms with van der Waals surface area (Å²) < 4.78 is 9.68. The number of nitrogens with two attached hydrogens (primary N) is 1. The molecule has 5 heteroatoms. The third kappa shape index (κ3) is 2.29. The average molecular weight is 184 g/mol. The normalized spacial score (nSPS) is 12.5. The number of oxazole rings is 1. The van der Waals surface area contributed by atoms with Crippen LogP contribution in [-0.4, -0.2) is 17.6 Å². The van der Waals surface area contributed by atoms with Crippen LogP contribution in [0.4, 0.5) is 0 Å². The summed E-state index contributed by atoms with van der Waals surface area (Å²) in [4.78, 5) is 15.0. The minimum atomic E-state index is -0.488. The number of ether oxygens (including phenoxy) is 1. The molecule has 13 heavy (non-hydrogen) atoms. The molecule has 0 saturated carbocycles. The summed E-state index contributed by atoms with van der Waals surface area (Å²) in [6.07, 6.45) is 1.25. The summed E-state index contributed by atoms with van der Waals surface area (Å²) in [7, 11) is 0. The molecule has 1 aromatic heterocycles. The van der Waals surface area contributed by atoms with Crippen molar-refractivity contribution in [2.45, 2.75) is 19.9 Å². The molecule has 0 fully saturated rings. The van der Waals surface area contributed by atoms with E-state index in [-0.39, 0.29) is 11.7 Å². The van der Waals surface area contributed by atoms with Crippen LogP contribution in [0.3, 0.4) is 0 Å². The molecule has 0 aliphatic heterocycles. The number of nitrogens with zero attached hydrogens (tertiary/aromatic N) is 1. The van der Waals surface area contributed by atoms with E-state index in [0.29, 0.717) is 12.5 Å². The molecule has 2 N–H and O–H groups in total. The van der Waals surface area contributed by atoms with Gasteiger partial charge in [-0.15, -0.1) is 0 Å². The Morgan fingerprint density at radius 1 is 1.85 bits per heavy atom. The number of aromatic nitrogens is 1. The molecule has 1 aromatic rings. The molecule has 1 heterocycles. The fourth-order valence-electron chi connectivity index (χ4n) is 0.796. The summed E-state index contributed by atoms with van der Waals surface area (Å²) in [6.45, 7) is 3.77. The van der Waals surface area contributed by atoms with Crippen molar-refractivity contribution in [2.24, 2.45) is 5.73 Å². The van der Waals surface area contributed by atoms with Crippen molar-refractivity contribution >= 4 is 5.97 Å². The third-order valence-electron chi connectivity index (χ3n) is 1.40. The molecule has 0 radical (unpaired) electrons. The van der Waals surface area contributed by atoms with Gasteiger partial charge in [0.05, 0.1) is 12.6 Å². The number of carbonyl (C=O) groups excluding carboxylic acids is 1. The molecule has 72 valence electrons. The van der Waals surface area contributed by atoms with Crippen LogP contribution < -0.4 is 5.73 Å². The van der Waals surface area contributed by atoms with Crippen molar-refractivity contribution in [1.29, 1.82) is 0 Å². The molecular weight excluding hydrogens is 172 g/mol. The van der Waals surface area contributed by atoms with Crippen LogP contribution in [0.2, 0.25) is 0 Å². The van der Waals surface area contributed by atoms with Crippen LogP contribution in [0.15, 0.2) is 10.7 Å². The highest BCUT2D eigenvalue weighted by molar-refractivity contribution is 5.86. The Bertz CT molecular complexity index is 293. The molecule has 0 aliphatic carbocycles. The van der Waals surface area contributed by atoms with Gasteiger partial charge in [-0.3, -0.25) is 0 Å². The highest BCUT2D eigenvalue weighted by Gasteiger charge is 2.14. The first-order valence-electron chi connectivity index (χ1n) is 4.03. The number of esters is 1. The van der Waals surface area contributed by atoms with Crippen LogP contribution in [0, 0.1) is 0 Å². The van der Waals surface area contributed by atoms with E-state index in [1.54, 1.807) is 13.8 Å². The van der Waals surface area contributed by atoms with Crippen molar-refractivity contribution in [3.05, 3.63) is 17.8 Å². The lowest BCUT2D eigenvalue weighted by molar-refractivity contribution is 0.0519. The Hall–Kier alpha value is -1.36. The highest BCUT2D eigenvalue weighted by Crippen LogP contribution is 2.09. The standard InChI is InChI=1S/C8H12N2O3/c1-3-12-8(11)6-4-13-7(10-6)5(2)9/h4-5H,3,9H2,1-2H3/t5-/m0/s1. The van der Waals surface area contributed by atoms with Crippen LogP contribution in [0.25, 0.3) is 0 Å². The molecule has 1 rings (SSSR count). The molecule has 0 amide bonds. The third-order valence-corrected chi connectivity index (χ3v) is 1.40. The Labute approximate surface area is 75.9 Å². The largest absolute Gasteiger partial charge is 0.461 e. The Morgan fingerprint density at radius 3 is 3.00 bits per heavy atom. The zero-order chi connectivity index (χ0) is 9.84. The molecule has 0 spiro atoms. The van der Waals surface area contributed by atoms with E-state index in [2.05, 4.69) is 4.98 Å². The van der Waals surface area contributed by atoms with E-state index in [1.807, 2.05) is 0 Å². The van der Waals surface area contributed by atoms with Gasteiger partial charge in [-0.05, 0) is 13.8 Å². The topological polar surface area (TPSA) is 78.3 Å². The highest BCUT2D eigenvalue weighted by atomic mass is 16.5. The van der Waals surface area contributed by atoms with Crippen molar-refractivity contribution in [3.8, 4) is 0 Å². The molecule has 0 unspecified atom stereocenters. The van der Waals surface area contributed by atoms with Gasteiger partial charge in [-0.2, -0.15) is 0 Å². The Kier molecular flexibility index (Phi) is 3.02. The monoisotopic (exact) mass is 184 g/mol. The van der Waals surface area contributed by atoms with E-state index in [1.165, 1.54) is 6.26 Å². The molecule has 0 aromatic carbocycles. The van der Waals surface area contributed by atoms with Gasteiger partial charge in [0.2, 0.25) is 5.89 Å². The van der Waals surface area contributed by atoms with E-state index in [4.69, 9.17) is 14.9 Å². The van der Waals surface area contributed by atoms with Crippen LogP contribution in [-0.2, 0) is 4.74 Å². The van der Waals surface area contributed by atoms with Gasteiger partial charge in [-0.25, -0.2) is 9.78 Å². The summed E-state index contributed by atoms with van der Waals surface area (Å²) in [5.41, 5.74) is 5.65. The first-order valence-corrected chi connectivity index (χ1v) is 4.03. The Balaban J connectivity index is 2.73. The number of hydrogen-bond acceptors (Lipinski definition) is 5. The lowest BCUT2D eigenvalue weighted by Crippen LogP contribution is -2.08. The number of hydrogen-bond donors (Lipinski definition) is 1. The predicted octanol–water partition coefficient (Wildman–Crippen LogP) is 0.871. The maximum absolute atomic E-state index is 11.1. The van der Waals surface area contributed by atoms with Gasteiger partial charge < -0.3 is 14.9 Å². The summed E-state index contributed by atoms with van der Waals surface area (Å²) in [5.74, 6) is -0.152. The second-order valence-electron chi connectivity index (χ2n) is 2.58. The van der Waals surface area contributed by atoms with Gasteiger partial charge in [-0.1, -0.05) is 0 Å². The molecule has 1 atom stereocenters.